The number of carboxylic acids is 1. The number of esters is 1. The van der Waals surface area contributed by atoms with Crippen molar-refractivity contribution in [2.75, 3.05) is 7.11 Å². The first kappa shape index (κ1) is 21.0. The zero-order valence-corrected chi connectivity index (χ0v) is 15.6. The lowest BCUT2D eigenvalue weighted by Gasteiger charge is -2.28. The van der Waals surface area contributed by atoms with Crippen LogP contribution < -0.4 is 10.5 Å². The third kappa shape index (κ3) is 5.14. The fourth-order valence-corrected chi connectivity index (χ4v) is 2.81. The number of rotatable bonds is 8. The molecule has 0 radical (unpaired) electrons. The van der Waals surface area contributed by atoms with Crippen LogP contribution >= 0.6 is 0 Å². The molecule has 0 saturated carbocycles. The smallest absolute Gasteiger partial charge is 0.338 e. The van der Waals surface area contributed by atoms with Gasteiger partial charge in [0.25, 0.3) is 0 Å². The molecule has 0 aromatic heterocycles. The Morgan fingerprint density at radius 1 is 1.11 bits per heavy atom. The van der Waals surface area contributed by atoms with E-state index in [0.717, 1.165) is 0 Å². The van der Waals surface area contributed by atoms with Gasteiger partial charge in [-0.3, -0.25) is 4.79 Å². The van der Waals surface area contributed by atoms with Gasteiger partial charge >= 0.3 is 11.9 Å². The normalized spacial score (nSPS) is 14.0. The van der Waals surface area contributed by atoms with Gasteiger partial charge in [-0.15, -0.1) is 0 Å². The van der Waals surface area contributed by atoms with E-state index in [0.29, 0.717) is 16.9 Å². The summed E-state index contributed by atoms with van der Waals surface area (Å²) in [5, 5.41) is 28.5. The monoisotopic (exact) mass is 389 g/mol. The summed E-state index contributed by atoms with van der Waals surface area (Å²) in [6.45, 7) is 1.56. The Kier molecular flexibility index (Phi) is 6.48. The second-order valence-electron chi connectivity index (χ2n) is 6.61. The number of benzene rings is 2. The minimum absolute atomic E-state index is 0.124. The number of methoxy groups -OCH3 is 1. The predicted octanol–water partition coefficient (Wildman–Crippen LogP) is 2.07. The summed E-state index contributed by atoms with van der Waals surface area (Å²) in [4.78, 5) is 24.0. The van der Waals surface area contributed by atoms with Gasteiger partial charge in [0, 0.05) is 12.8 Å². The number of carbonyl (C=O) groups excluding carboxylic acids is 1. The molecule has 5 N–H and O–H groups in total. The molecule has 2 aromatic carbocycles. The van der Waals surface area contributed by atoms with E-state index in [1.807, 2.05) is 0 Å². The molecule has 0 aliphatic carbocycles. The van der Waals surface area contributed by atoms with Gasteiger partial charge in [0.1, 0.15) is 17.4 Å². The number of phenols is 2. The van der Waals surface area contributed by atoms with Crippen molar-refractivity contribution in [1.29, 1.82) is 0 Å². The topological polar surface area (TPSA) is 139 Å². The van der Waals surface area contributed by atoms with Crippen LogP contribution in [0.15, 0.2) is 42.5 Å². The maximum absolute atomic E-state index is 12.2. The van der Waals surface area contributed by atoms with Crippen LogP contribution in [0.2, 0.25) is 0 Å². The van der Waals surface area contributed by atoms with E-state index in [9.17, 15) is 24.9 Å². The summed E-state index contributed by atoms with van der Waals surface area (Å²) in [6, 6.07) is 10.3. The lowest BCUT2D eigenvalue weighted by Crippen LogP contribution is -2.52. The summed E-state index contributed by atoms with van der Waals surface area (Å²) in [5.74, 6) is -1.97. The zero-order valence-electron chi connectivity index (χ0n) is 15.6. The molecule has 2 aromatic rings. The molecular formula is C20H23NO7. The summed E-state index contributed by atoms with van der Waals surface area (Å²) in [7, 11) is 1.51. The van der Waals surface area contributed by atoms with E-state index in [1.165, 1.54) is 25.3 Å². The second kappa shape index (κ2) is 8.62. The van der Waals surface area contributed by atoms with E-state index in [2.05, 4.69) is 0 Å². The number of ether oxygens (including phenoxy) is 2. The first-order valence-corrected chi connectivity index (χ1v) is 8.53. The molecule has 0 amide bonds. The summed E-state index contributed by atoms with van der Waals surface area (Å²) in [5.41, 5.74) is 5.05. The van der Waals surface area contributed by atoms with E-state index >= 15 is 0 Å². The highest BCUT2D eigenvalue weighted by Gasteiger charge is 2.37. The lowest BCUT2D eigenvalue weighted by atomic mass is 9.86. The minimum atomic E-state index is -1.73. The molecule has 8 heteroatoms. The lowest BCUT2D eigenvalue weighted by molar-refractivity contribution is -0.144. The largest absolute Gasteiger partial charge is 0.504 e. The minimum Gasteiger partial charge on any atom is -0.504 e. The molecular weight excluding hydrogens is 366 g/mol. The van der Waals surface area contributed by atoms with Crippen molar-refractivity contribution in [2.24, 2.45) is 5.73 Å². The number of carbonyl (C=O) groups is 2. The number of aliphatic carboxylic acids is 1. The number of carboxylic acid groups (broad SMARTS) is 1. The molecule has 0 fully saturated rings. The molecule has 28 heavy (non-hydrogen) atoms. The van der Waals surface area contributed by atoms with Crippen LogP contribution in [0.25, 0.3) is 0 Å². The third-order valence-electron chi connectivity index (χ3n) is 4.27. The molecule has 0 aliphatic heterocycles. The Morgan fingerprint density at radius 3 is 2.29 bits per heavy atom. The molecule has 0 saturated heterocycles. The highest BCUT2D eigenvalue weighted by molar-refractivity contribution is 5.89. The number of hydrogen-bond acceptors (Lipinski definition) is 7. The average molecular weight is 389 g/mol. The molecule has 8 nitrogen and oxygen atoms in total. The Bertz CT molecular complexity index is 850. The average Bonchev–Trinajstić information content (AvgIpc) is 2.64. The van der Waals surface area contributed by atoms with Crippen LogP contribution in [0.1, 0.15) is 29.3 Å². The van der Waals surface area contributed by atoms with Crippen LogP contribution in [-0.2, 0) is 16.0 Å². The Labute approximate surface area is 162 Å². The molecule has 0 aliphatic rings. The standard InChI is InChI=1S/C20H23NO7/c1-12(28-18(24)14-4-6-15(27-2)7-5-14)10-20(21,19(25)26)11-13-3-8-16(22)17(23)9-13/h3-9,12,22-23H,10-11,21H2,1-2H3,(H,25,26)/t12-,20?/m0/s1. The van der Waals surface area contributed by atoms with Gasteiger partial charge in [0.2, 0.25) is 0 Å². The van der Waals surface area contributed by atoms with Crippen molar-refractivity contribution in [3.63, 3.8) is 0 Å². The highest BCUT2D eigenvalue weighted by Crippen LogP contribution is 2.28. The maximum atomic E-state index is 12.2. The first-order valence-electron chi connectivity index (χ1n) is 8.53. The predicted molar refractivity (Wildman–Crippen MR) is 101 cm³/mol. The highest BCUT2D eigenvalue weighted by atomic mass is 16.5. The first-order chi connectivity index (χ1) is 13.1. The van der Waals surface area contributed by atoms with Crippen molar-refractivity contribution >= 4 is 11.9 Å². The molecule has 150 valence electrons. The number of hydrogen-bond donors (Lipinski definition) is 4. The van der Waals surface area contributed by atoms with Gasteiger partial charge in [-0.1, -0.05) is 6.07 Å². The molecule has 2 atom stereocenters. The number of phenolic OH excluding ortho intramolecular Hbond substituents is 2. The molecule has 0 bridgehead atoms. The number of aromatic hydroxyl groups is 2. The van der Waals surface area contributed by atoms with E-state index in [1.54, 1.807) is 31.2 Å². The van der Waals surface area contributed by atoms with Crippen molar-refractivity contribution in [3.05, 3.63) is 53.6 Å². The third-order valence-corrected chi connectivity index (χ3v) is 4.27. The van der Waals surface area contributed by atoms with Crippen molar-refractivity contribution in [1.82, 2.24) is 0 Å². The van der Waals surface area contributed by atoms with Crippen LogP contribution in [0, 0.1) is 0 Å². The maximum Gasteiger partial charge on any atom is 0.338 e. The van der Waals surface area contributed by atoms with Crippen molar-refractivity contribution in [3.8, 4) is 17.2 Å². The van der Waals surface area contributed by atoms with Crippen LogP contribution in [0.4, 0.5) is 0 Å². The van der Waals surface area contributed by atoms with Gasteiger partial charge in [0.15, 0.2) is 11.5 Å². The van der Waals surface area contributed by atoms with Crippen molar-refractivity contribution < 1.29 is 34.4 Å². The van der Waals surface area contributed by atoms with E-state index in [4.69, 9.17) is 15.2 Å². The van der Waals surface area contributed by atoms with Gasteiger partial charge in [-0.25, -0.2) is 4.79 Å². The fourth-order valence-electron chi connectivity index (χ4n) is 2.81. The van der Waals surface area contributed by atoms with Gasteiger partial charge in [-0.05, 0) is 48.9 Å². The molecule has 0 spiro atoms. The Hall–Kier alpha value is -3.26. The van der Waals surface area contributed by atoms with E-state index < -0.39 is 23.6 Å². The fraction of sp³-hybridized carbons (Fsp3) is 0.300. The van der Waals surface area contributed by atoms with Crippen LogP contribution in [0.5, 0.6) is 17.2 Å². The van der Waals surface area contributed by atoms with Crippen LogP contribution in [0.3, 0.4) is 0 Å². The quantitative estimate of drug-likeness (QED) is 0.397. The molecule has 0 heterocycles. The van der Waals surface area contributed by atoms with Crippen LogP contribution in [-0.4, -0.2) is 46.0 Å². The Balaban J connectivity index is 2.07. The summed E-state index contributed by atoms with van der Waals surface area (Å²) >= 11 is 0. The number of nitrogens with two attached hydrogens (primary N) is 1. The molecule has 1 unspecified atom stereocenters. The summed E-state index contributed by atoms with van der Waals surface area (Å²) in [6.07, 6.45) is -1.05. The summed E-state index contributed by atoms with van der Waals surface area (Å²) < 4.78 is 10.4. The van der Waals surface area contributed by atoms with Gasteiger partial charge in [-0.2, -0.15) is 0 Å². The van der Waals surface area contributed by atoms with Gasteiger partial charge in [0.05, 0.1) is 12.7 Å². The zero-order chi connectivity index (χ0) is 20.9. The van der Waals surface area contributed by atoms with E-state index in [-0.39, 0.29) is 24.3 Å². The SMILES string of the molecule is COc1ccc(C(=O)O[C@@H](C)CC(N)(Cc2ccc(O)c(O)c2)C(=O)O)cc1. The van der Waals surface area contributed by atoms with Crippen molar-refractivity contribution in [2.45, 2.75) is 31.4 Å². The second-order valence-corrected chi connectivity index (χ2v) is 6.61. The molecule has 2 rings (SSSR count). The Morgan fingerprint density at radius 2 is 1.75 bits per heavy atom. The van der Waals surface area contributed by atoms with Gasteiger partial charge < -0.3 is 30.5 Å².